The monoisotopic (exact) mass is 315 g/mol. The van der Waals surface area contributed by atoms with E-state index in [0.29, 0.717) is 11.3 Å². The van der Waals surface area contributed by atoms with Crippen LogP contribution in [-0.2, 0) is 4.79 Å². The second kappa shape index (κ2) is 6.19. The van der Waals surface area contributed by atoms with Crippen molar-refractivity contribution in [2.24, 2.45) is 0 Å². The van der Waals surface area contributed by atoms with Crippen molar-refractivity contribution in [1.29, 1.82) is 5.26 Å². The Morgan fingerprint density at radius 3 is 2.48 bits per heavy atom. The first-order valence-electron chi connectivity index (χ1n) is 6.47. The van der Waals surface area contributed by atoms with E-state index in [1.165, 1.54) is 43.4 Å². The number of allylic oxidation sites excluding steroid dienone is 2. The smallest absolute Gasteiger partial charge is 0.314 e. The average Bonchev–Trinajstić information content (AvgIpc) is 2.80. The molecule has 1 aromatic rings. The van der Waals surface area contributed by atoms with Crippen LogP contribution in [0, 0.1) is 21.4 Å². The van der Waals surface area contributed by atoms with E-state index >= 15 is 0 Å². The molecule has 0 saturated heterocycles. The van der Waals surface area contributed by atoms with Crippen molar-refractivity contribution >= 4 is 17.3 Å². The van der Waals surface area contributed by atoms with Crippen molar-refractivity contribution in [2.75, 3.05) is 19.1 Å². The summed E-state index contributed by atoms with van der Waals surface area (Å²) in [6, 6.07) is 4.40. The van der Waals surface area contributed by atoms with E-state index in [2.05, 4.69) is 0 Å². The maximum atomic E-state index is 12.2. The van der Waals surface area contributed by atoms with Gasteiger partial charge in [0.05, 0.1) is 42.7 Å². The van der Waals surface area contributed by atoms with Gasteiger partial charge in [-0.05, 0) is 12.5 Å². The summed E-state index contributed by atoms with van der Waals surface area (Å²) in [5, 5.41) is 20.0. The predicted octanol–water partition coefficient (Wildman–Crippen LogP) is 2.31. The van der Waals surface area contributed by atoms with Crippen LogP contribution < -0.4 is 14.4 Å². The molecule has 0 aliphatic carbocycles. The quantitative estimate of drug-likeness (QED) is 0.479. The lowest BCUT2D eigenvalue weighted by molar-refractivity contribution is -0.385. The zero-order chi connectivity index (χ0) is 17.1. The van der Waals surface area contributed by atoms with Gasteiger partial charge < -0.3 is 9.47 Å². The summed E-state index contributed by atoms with van der Waals surface area (Å²) in [7, 11) is 2.63. The average molecular weight is 315 g/mol. The van der Waals surface area contributed by atoms with Crippen molar-refractivity contribution in [3.63, 3.8) is 0 Å². The van der Waals surface area contributed by atoms with Crippen molar-refractivity contribution in [3.8, 4) is 17.6 Å². The van der Waals surface area contributed by atoms with Gasteiger partial charge >= 0.3 is 5.69 Å². The number of carbonyl (C=O) groups is 1. The lowest BCUT2D eigenvalue weighted by atomic mass is 10.2. The molecule has 1 heterocycles. The second-order valence-corrected chi connectivity index (χ2v) is 4.61. The number of nitriles is 1. The maximum Gasteiger partial charge on any atom is 0.314 e. The predicted molar refractivity (Wildman–Crippen MR) is 81.1 cm³/mol. The first-order valence-corrected chi connectivity index (χ1v) is 6.47. The van der Waals surface area contributed by atoms with Gasteiger partial charge in [0.1, 0.15) is 5.75 Å². The van der Waals surface area contributed by atoms with Gasteiger partial charge in [0.2, 0.25) is 0 Å². The van der Waals surface area contributed by atoms with E-state index in [-0.39, 0.29) is 28.8 Å². The summed E-state index contributed by atoms with van der Waals surface area (Å²) in [5.74, 6) is -0.268. The largest absolute Gasteiger partial charge is 0.494 e. The van der Waals surface area contributed by atoms with Crippen LogP contribution in [0.2, 0.25) is 0 Å². The van der Waals surface area contributed by atoms with Crippen LogP contribution in [0.15, 0.2) is 35.6 Å². The van der Waals surface area contributed by atoms with Crippen LogP contribution in [0.5, 0.6) is 11.5 Å². The van der Waals surface area contributed by atoms with Crippen LogP contribution in [0.3, 0.4) is 0 Å². The number of hydrogen-bond acceptors (Lipinski definition) is 6. The van der Waals surface area contributed by atoms with Gasteiger partial charge in [-0.2, -0.15) is 5.26 Å². The highest BCUT2D eigenvalue weighted by molar-refractivity contribution is 6.10. The molecule has 0 radical (unpaired) electrons. The Labute approximate surface area is 132 Å². The highest BCUT2D eigenvalue weighted by Gasteiger charge is 2.31. The van der Waals surface area contributed by atoms with Gasteiger partial charge in [-0.25, -0.2) is 0 Å². The van der Waals surface area contributed by atoms with E-state index < -0.39 is 4.92 Å². The van der Waals surface area contributed by atoms with Crippen LogP contribution in [0.1, 0.15) is 6.92 Å². The number of nitro groups is 1. The van der Waals surface area contributed by atoms with E-state index in [4.69, 9.17) is 14.7 Å². The molecule has 0 bridgehead atoms. The van der Waals surface area contributed by atoms with Crippen molar-refractivity contribution in [3.05, 3.63) is 45.7 Å². The third-order valence-corrected chi connectivity index (χ3v) is 3.32. The normalized spacial score (nSPS) is 15.4. The summed E-state index contributed by atoms with van der Waals surface area (Å²) >= 11 is 0. The highest BCUT2D eigenvalue weighted by atomic mass is 16.6. The van der Waals surface area contributed by atoms with E-state index in [0.717, 1.165) is 0 Å². The zero-order valence-corrected chi connectivity index (χ0v) is 12.7. The van der Waals surface area contributed by atoms with E-state index in [9.17, 15) is 14.9 Å². The SMILES string of the molecule is COc1cc([N+](=O)[O-])c(OC)cc1N1C(=O)C=C(C)/C1=C/C#N. The van der Waals surface area contributed by atoms with Gasteiger partial charge in [0.15, 0.2) is 5.75 Å². The minimum Gasteiger partial charge on any atom is -0.494 e. The molecule has 1 aliphatic heterocycles. The maximum absolute atomic E-state index is 12.2. The molecule has 1 aromatic carbocycles. The molecule has 0 fully saturated rings. The molecule has 0 spiro atoms. The van der Waals surface area contributed by atoms with Crippen LogP contribution in [0.25, 0.3) is 0 Å². The summed E-state index contributed by atoms with van der Waals surface area (Å²) in [5.41, 5.74) is 0.965. The number of benzene rings is 1. The van der Waals surface area contributed by atoms with Crippen LogP contribution >= 0.6 is 0 Å². The number of amides is 1. The Bertz CT molecular complexity index is 789. The van der Waals surface area contributed by atoms with Crippen molar-refractivity contribution < 1.29 is 19.2 Å². The minimum absolute atomic E-state index is 0.0144. The molecule has 0 atom stereocenters. The molecular formula is C15H13N3O5. The lowest BCUT2D eigenvalue weighted by Crippen LogP contribution is -2.24. The molecule has 0 saturated carbocycles. The summed E-state index contributed by atoms with van der Waals surface area (Å²) in [6.07, 6.45) is 2.60. The molecular weight excluding hydrogens is 302 g/mol. The fourth-order valence-corrected chi connectivity index (χ4v) is 2.29. The summed E-state index contributed by atoms with van der Waals surface area (Å²) in [4.78, 5) is 24.0. The lowest BCUT2D eigenvalue weighted by Gasteiger charge is -2.21. The molecule has 0 N–H and O–H groups in total. The van der Waals surface area contributed by atoms with Crippen molar-refractivity contribution in [1.82, 2.24) is 0 Å². The Kier molecular flexibility index (Phi) is 4.32. The number of anilines is 1. The molecule has 8 nitrogen and oxygen atoms in total. The molecule has 8 heteroatoms. The Hall–Kier alpha value is -3.34. The summed E-state index contributed by atoms with van der Waals surface area (Å²) in [6.45, 7) is 1.69. The number of methoxy groups -OCH3 is 2. The standard InChI is InChI=1S/C15H13N3O5/c1-9-6-15(19)17(10(9)4-5-16)11-7-14(23-3)12(18(20)21)8-13(11)22-2/h4,6-8H,1-3H3/b10-4-. The number of nitro benzene ring substituents is 1. The van der Waals surface area contributed by atoms with Gasteiger partial charge in [-0.3, -0.25) is 19.8 Å². The summed E-state index contributed by atoms with van der Waals surface area (Å²) < 4.78 is 10.2. The number of hydrogen-bond donors (Lipinski definition) is 0. The topological polar surface area (TPSA) is 106 Å². The Balaban J connectivity index is 2.68. The van der Waals surface area contributed by atoms with Gasteiger partial charge in [-0.15, -0.1) is 0 Å². The van der Waals surface area contributed by atoms with Crippen LogP contribution in [-0.4, -0.2) is 25.1 Å². The third kappa shape index (κ3) is 2.72. The van der Waals surface area contributed by atoms with E-state index in [1.54, 1.807) is 6.92 Å². The van der Waals surface area contributed by atoms with Crippen LogP contribution in [0.4, 0.5) is 11.4 Å². The fourth-order valence-electron chi connectivity index (χ4n) is 2.29. The molecule has 1 amide bonds. The number of ether oxygens (including phenoxy) is 2. The second-order valence-electron chi connectivity index (χ2n) is 4.61. The molecule has 2 rings (SSSR count). The Morgan fingerprint density at radius 2 is 1.96 bits per heavy atom. The minimum atomic E-state index is -0.605. The first-order chi connectivity index (χ1) is 10.9. The number of nitrogens with zero attached hydrogens (tertiary/aromatic N) is 3. The third-order valence-electron chi connectivity index (χ3n) is 3.32. The molecule has 118 valence electrons. The fraction of sp³-hybridized carbons (Fsp3) is 0.200. The van der Waals surface area contributed by atoms with Gasteiger partial charge in [0.25, 0.3) is 5.91 Å². The molecule has 23 heavy (non-hydrogen) atoms. The molecule has 1 aliphatic rings. The number of rotatable bonds is 4. The van der Waals surface area contributed by atoms with Gasteiger partial charge in [-0.1, -0.05) is 0 Å². The highest BCUT2D eigenvalue weighted by Crippen LogP contribution is 2.42. The number of carbonyl (C=O) groups excluding carboxylic acids is 1. The first kappa shape index (κ1) is 16.0. The van der Waals surface area contributed by atoms with Crippen molar-refractivity contribution in [2.45, 2.75) is 6.92 Å². The van der Waals surface area contributed by atoms with Gasteiger partial charge in [0, 0.05) is 18.2 Å². The molecule has 0 unspecified atom stereocenters. The zero-order valence-electron chi connectivity index (χ0n) is 12.7. The molecule has 0 aromatic heterocycles. The Morgan fingerprint density at radius 1 is 1.30 bits per heavy atom. The van der Waals surface area contributed by atoms with E-state index in [1.807, 2.05) is 6.07 Å².